The predicted molar refractivity (Wildman–Crippen MR) is 123 cm³/mol. The summed E-state index contributed by atoms with van der Waals surface area (Å²) >= 11 is 6.12. The minimum absolute atomic E-state index is 0.0158. The Morgan fingerprint density at radius 2 is 1.65 bits per heavy atom. The van der Waals surface area contributed by atoms with Gasteiger partial charge in [0.15, 0.2) is 0 Å². The fraction of sp³-hybridized carbons (Fsp3) is 0.250. The summed E-state index contributed by atoms with van der Waals surface area (Å²) in [4.78, 5) is 21.4. The minimum atomic E-state index is -0.0158. The molecule has 0 aliphatic carbocycles. The molecule has 0 bridgehead atoms. The van der Waals surface area contributed by atoms with Crippen molar-refractivity contribution in [1.29, 1.82) is 0 Å². The van der Waals surface area contributed by atoms with Crippen molar-refractivity contribution < 1.29 is 9.53 Å². The van der Waals surface area contributed by atoms with Crippen LogP contribution in [0.1, 0.15) is 5.69 Å². The molecule has 1 N–H and O–H groups in total. The Balaban J connectivity index is 1.21. The van der Waals surface area contributed by atoms with Gasteiger partial charge >= 0.3 is 0 Å². The number of benzene rings is 2. The van der Waals surface area contributed by atoms with Crippen molar-refractivity contribution >= 4 is 23.2 Å². The number of para-hydroxylation sites is 1. The molecule has 0 spiro atoms. The standard InChI is InChI=1S/C24H25ClN4O2/c25-22-6-1-2-7-23(22)31-21-10-8-19(9-11-21)27-24(30)18-29-15-13-28(14-16-29)17-20-5-3-4-12-26-20/h1-12H,13-18H2,(H,27,30). The molecule has 7 heteroatoms. The smallest absolute Gasteiger partial charge is 0.238 e. The molecular formula is C24H25ClN4O2. The molecule has 1 aromatic heterocycles. The van der Waals surface area contributed by atoms with Crippen molar-refractivity contribution in [3.63, 3.8) is 0 Å². The second kappa shape index (κ2) is 10.4. The zero-order valence-electron chi connectivity index (χ0n) is 17.2. The molecule has 0 atom stereocenters. The summed E-state index contributed by atoms with van der Waals surface area (Å²) in [5.41, 5.74) is 1.82. The number of carbonyl (C=O) groups is 1. The third kappa shape index (κ3) is 6.28. The van der Waals surface area contributed by atoms with E-state index in [4.69, 9.17) is 16.3 Å². The molecule has 0 unspecified atom stereocenters. The summed E-state index contributed by atoms with van der Waals surface area (Å²) in [7, 11) is 0. The number of nitrogens with one attached hydrogen (secondary N) is 1. The minimum Gasteiger partial charge on any atom is -0.456 e. The average Bonchev–Trinajstić information content (AvgIpc) is 2.79. The number of halogens is 1. The number of carbonyl (C=O) groups excluding carboxylic acids is 1. The van der Waals surface area contributed by atoms with E-state index in [1.54, 1.807) is 6.07 Å². The van der Waals surface area contributed by atoms with Crippen LogP contribution >= 0.6 is 11.6 Å². The van der Waals surface area contributed by atoms with Gasteiger partial charge in [-0.2, -0.15) is 0 Å². The number of piperazine rings is 1. The van der Waals surface area contributed by atoms with Gasteiger partial charge in [0.25, 0.3) is 0 Å². The maximum absolute atomic E-state index is 12.4. The lowest BCUT2D eigenvalue weighted by atomic mass is 10.2. The van der Waals surface area contributed by atoms with E-state index in [9.17, 15) is 4.79 Å². The first-order valence-electron chi connectivity index (χ1n) is 10.3. The summed E-state index contributed by atoms with van der Waals surface area (Å²) < 4.78 is 5.78. The first kappa shape index (κ1) is 21.3. The van der Waals surface area contributed by atoms with Gasteiger partial charge in [0.1, 0.15) is 11.5 Å². The Labute approximate surface area is 187 Å². The molecular weight excluding hydrogens is 412 g/mol. The number of hydrogen-bond acceptors (Lipinski definition) is 5. The number of anilines is 1. The van der Waals surface area contributed by atoms with Crippen LogP contribution in [-0.4, -0.2) is 53.4 Å². The van der Waals surface area contributed by atoms with Crippen LogP contribution in [0.4, 0.5) is 5.69 Å². The van der Waals surface area contributed by atoms with Gasteiger partial charge in [0.2, 0.25) is 5.91 Å². The zero-order valence-corrected chi connectivity index (χ0v) is 18.0. The second-order valence-corrected chi connectivity index (χ2v) is 7.89. The van der Waals surface area contributed by atoms with Gasteiger partial charge in [-0.05, 0) is 48.5 Å². The molecule has 4 rings (SSSR count). The molecule has 0 radical (unpaired) electrons. The number of ether oxygens (including phenoxy) is 1. The molecule has 6 nitrogen and oxygen atoms in total. The fourth-order valence-corrected chi connectivity index (χ4v) is 3.66. The Kier molecular flexibility index (Phi) is 7.14. The van der Waals surface area contributed by atoms with Crippen LogP contribution in [0, 0.1) is 0 Å². The molecule has 0 saturated carbocycles. The number of hydrogen-bond donors (Lipinski definition) is 1. The van der Waals surface area contributed by atoms with Crippen LogP contribution in [-0.2, 0) is 11.3 Å². The molecule has 1 saturated heterocycles. The van der Waals surface area contributed by atoms with Gasteiger partial charge in [-0.15, -0.1) is 0 Å². The highest BCUT2D eigenvalue weighted by atomic mass is 35.5. The van der Waals surface area contributed by atoms with Crippen molar-refractivity contribution in [2.75, 3.05) is 38.0 Å². The highest BCUT2D eigenvalue weighted by Gasteiger charge is 2.19. The van der Waals surface area contributed by atoms with Gasteiger partial charge in [0.05, 0.1) is 17.3 Å². The van der Waals surface area contributed by atoms with Crippen molar-refractivity contribution in [1.82, 2.24) is 14.8 Å². The first-order chi connectivity index (χ1) is 15.2. The van der Waals surface area contributed by atoms with Crippen molar-refractivity contribution in [3.05, 3.63) is 83.6 Å². The van der Waals surface area contributed by atoms with Gasteiger partial charge in [-0.1, -0.05) is 29.8 Å². The monoisotopic (exact) mass is 436 g/mol. The SMILES string of the molecule is O=C(CN1CCN(Cc2ccccn2)CC1)Nc1ccc(Oc2ccccc2Cl)cc1. The van der Waals surface area contributed by atoms with E-state index >= 15 is 0 Å². The quantitative estimate of drug-likeness (QED) is 0.599. The second-order valence-electron chi connectivity index (χ2n) is 7.48. The predicted octanol–water partition coefficient (Wildman–Crippen LogP) is 4.28. The number of pyridine rings is 1. The lowest BCUT2D eigenvalue weighted by molar-refractivity contribution is -0.117. The normalized spacial score (nSPS) is 14.9. The van der Waals surface area contributed by atoms with Crippen molar-refractivity contribution in [3.8, 4) is 11.5 Å². The summed E-state index contributed by atoms with van der Waals surface area (Å²) in [6.07, 6.45) is 1.82. The van der Waals surface area contributed by atoms with E-state index in [-0.39, 0.29) is 5.91 Å². The lowest BCUT2D eigenvalue weighted by Gasteiger charge is -2.34. The van der Waals surface area contributed by atoms with E-state index < -0.39 is 0 Å². The summed E-state index contributed by atoms with van der Waals surface area (Å²) in [6, 6.07) is 20.6. The van der Waals surface area contributed by atoms with Crippen LogP contribution in [0.15, 0.2) is 72.9 Å². The van der Waals surface area contributed by atoms with Crippen LogP contribution in [0.3, 0.4) is 0 Å². The number of nitrogens with zero attached hydrogens (tertiary/aromatic N) is 3. The Bertz CT molecular complexity index is 990. The van der Waals surface area contributed by atoms with Crippen LogP contribution in [0.2, 0.25) is 5.02 Å². The summed E-state index contributed by atoms with van der Waals surface area (Å²) in [5, 5.41) is 3.51. The topological polar surface area (TPSA) is 57.7 Å². The molecule has 1 fully saturated rings. The third-order valence-electron chi connectivity index (χ3n) is 5.15. The van der Waals surface area contributed by atoms with E-state index in [1.807, 2.05) is 66.9 Å². The van der Waals surface area contributed by atoms with Crippen LogP contribution < -0.4 is 10.1 Å². The highest BCUT2D eigenvalue weighted by Crippen LogP contribution is 2.29. The van der Waals surface area contributed by atoms with Crippen molar-refractivity contribution in [2.24, 2.45) is 0 Å². The van der Waals surface area contributed by atoms with Gasteiger partial charge in [-0.3, -0.25) is 19.6 Å². The molecule has 2 aromatic carbocycles. The van der Waals surface area contributed by atoms with Gasteiger partial charge < -0.3 is 10.1 Å². The highest BCUT2D eigenvalue weighted by molar-refractivity contribution is 6.32. The number of aromatic nitrogens is 1. The summed E-state index contributed by atoms with van der Waals surface area (Å²) in [5.74, 6) is 1.25. The van der Waals surface area contributed by atoms with E-state index in [0.717, 1.165) is 44.1 Å². The largest absolute Gasteiger partial charge is 0.456 e. The Hall–Kier alpha value is -2.93. The molecule has 160 valence electrons. The maximum atomic E-state index is 12.4. The molecule has 1 amide bonds. The average molecular weight is 437 g/mol. The van der Waals surface area contributed by atoms with Gasteiger partial charge in [0, 0.05) is 44.6 Å². The Morgan fingerprint density at radius 3 is 2.35 bits per heavy atom. The number of rotatable bonds is 7. The lowest BCUT2D eigenvalue weighted by Crippen LogP contribution is -2.48. The van der Waals surface area contributed by atoms with Gasteiger partial charge in [-0.25, -0.2) is 0 Å². The van der Waals surface area contributed by atoms with E-state index in [1.165, 1.54) is 0 Å². The first-order valence-corrected chi connectivity index (χ1v) is 10.7. The third-order valence-corrected chi connectivity index (χ3v) is 5.46. The molecule has 2 heterocycles. The zero-order chi connectivity index (χ0) is 21.5. The summed E-state index contributed by atoms with van der Waals surface area (Å²) in [6.45, 7) is 4.82. The molecule has 31 heavy (non-hydrogen) atoms. The fourth-order valence-electron chi connectivity index (χ4n) is 3.49. The van der Waals surface area contributed by atoms with E-state index in [0.29, 0.717) is 23.1 Å². The molecule has 1 aliphatic rings. The van der Waals surface area contributed by atoms with E-state index in [2.05, 4.69) is 20.1 Å². The molecule has 1 aliphatic heterocycles. The maximum Gasteiger partial charge on any atom is 0.238 e. The molecule has 3 aromatic rings. The number of amides is 1. The van der Waals surface area contributed by atoms with Crippen LogP contribution in [0.25, 0.3) is 0 Å². The Morgan fingerprint density at radius 1 is 0.935 bits per heavy atom. The van der Waals surface area contributed by atoms with Crippen LogP contribution in [0.5, 0.6) is 11.5 Å². The van der Waals surface area contributed by atoms with Crippen molar-refractivity contribution in [2.45, 2.75) is 6.54 Å².